The predicted octanol–water partition coefficient (Wildman–Crippen LogP) is 4.10. The van der Waals surface area contributed by atoms with Gasteiger partial charge in [-0.05, 0) is 63.6 Å². The predicted molar refractivity (Wildman–Crippen MR) is 139 cm³/mol. The second-order valence-corrected chi connectivity index (χ2v) is 9.18. The van der Waals surface area contributed by atoms with Crippen LogP contribution in [0.1, 0.15) is 44.0 Å². The summed E-state index contributed by atoms with van der Waals surface area (Å²) in [5, 5.41) is 15.1. The number of nitrogens with zero attached hydrogens (tertiary/aromatic N) is 7. The summed E-state index contributed by atoms with van der Waals surface area (Å²) in [6.45, 7) is 7.27. The van der Waals surface area contributed by atoms with Gasteiger partial charge in [-0.2, -0.15) is 5.10 Å². The van der Waals surface area contributed by atoms with Gasteiger partial charge in [0.15, 0.2) is 5.82 Å². The van der Waals surface area contributed by atoms with Crippen molar-refractivity contribution < 1.29 is 9.50 Å². The first-order valence-electron chi connectivity index (χ1n) is 11.3. The molecule has 5 rings (SSSR count). The fourth-order valence-electron chi connectivity index (χ4n) is 4.02. The van der Waals surface area contributed by atoms with Gasteiger partial charge in [0.05, 0.1) is 52.6 Å². The van der Waals surface area contributed by atoms with Crippen molar-refractivity contribution >= 4 is 10.9 Å². The van der Waals surface area contributed by atoms with Crippen LogP contribution in [0.5, 0.6) is 0 Å². The van der Waals surface area contributed by atoms with Crippen molar-refractivity contribution in [3.63, 3.8) is 0 Å². The highest BCUT2D eigenvalue weighted by Crippen LogP contribution is 2.24. The molecule has 0 spiro atoms. The van der Waals surface area contributed by atoms with Gasteiger partial charge >= 0.3 is 0 Å². The van der Waals surface area contributed by atoms with Crippen LogP contribution < -0.4 is 5.56 Å². The average molecular weight is 502 g/mol. The lowest BCUT2D eigenvalue weighted by Crippen LogP contribution is -2.22. The molecule has 0 fully saturated rings. The van der Waals surface area contributed by atoms with Crippen LogP contribution in [0.25, 0.3) is 28.0 Å². The van der Waals surface area contributed by atoms with Gasteiger partial charge in [-0.1, -0.05) is 7.43 Å². The maximum atomic E-state index is 13.6. The van der Waals surface area contributed by atoms with Crippen LogP contribution in [0.4, 0.5) is 4.39 Å². The van der Waals surface area contributed by atoms with Crippen LogP contribution in [0.3, 0.4) is 0 Å². The topological polar surface area (TPSA) is 112 Å². The van der Waals surface area contributed by atoms with Gasteiger partial charge in [0.2, 0.25) is 0 Å². The number of hydrogen-bond donors (Lipinski definition) is 1. The van der Waals surface area contributed by atoms with E-state index in [2.05, 4.69) is 25.0 Å². The van der Waals surface area contributed by atoms with Gasteiger partial charge in [0, 0.05) is 18.1 Å². The second-order valence-electron chi connectivity index (χ2n) is 9.18. The average Bonchev–Trinajstić information content (AvgIpc) is 3.23. The van der Waals surface area contributed by atoms with Crippen molar-refractivity contribution in [1.29, 1.82) is 0 Å². The summed E-state index contributed by atoms with van der Waals surface area (Å²) >= 11 is 0. The molecule has 0 aliphatic heterocycles. The SMILES string of the molecule is C.Cc1cnc(-c2ccnc(C(C)(C)O)n2)cc1-n1c(C)cc2c(cnn2Cc2ccc(F)cn2)c1=O. The molecule has 10 heteroatoms. The molecular formula is C27H28FN7O2. The van der Waals surface area contributed by atoms with Gasteiger partial charge < -0.3 is 5.11 Å². The molecule has 37 heavy (non-hydrogen) atoms. The molecule has 9 nitrogen and oxygen atoms in total. The Bertz CT molecular complexity index is 1650. The van der Waals surface area contributed by atoms with Gasteiger partial charge in [0.1, 0.15) is 11.4 Å². The van der Waals surface area contributed by atoms with Crippen molar-refractivity contribution in [2.45, 2.75) is 47.3 Å². The van der Waals surface area contributed by atoms with E-state index in [1.807, 2.05) is 19.9 Å². The van der Waals surface area contributed by atoms with E-state index in [1.165, 1.54) is 12.3 Å². The number of halogens is 1. The number of aromatic nitrogens is 7. The number of rotatable bonds is 5. The first-order valence-corrected chi connectivity index (χ1v) is 11.3. The maximum Gasteiger partial charge on any atom is 0.266 e. The van der Waals surface area contributed by atoms with E-state index in [4.69, 9.17) is 0 Å². The summed E-state index contributed by atoms with van der Waals surface area (Å²) in [4.78, 5) is 30.8. The minimum atomic E-state index is -1.20. The molecule has 0 bridgehead atoms. The van der Waals surface area contributed by atoms with Crippen LogP contribution >= 0.6 is 0 Å². The highest BCUT2D eigenvalue weighted by atomic mass is 19.1. The minimum absolute atomic E-state index is 0. The molecule has 0 unspecified atom stereocenters. The van der Waals surface area contributed by atoms with Gasteiger partial charge in [-0.25, -0.2) is 14.4 Å². The van der Waals surface area contributed by atoms with E-state index in [0.717, 1.165) is 11.8 Å². The fraction of sp³-hybridized carbons (Fsp3) is 0.259. The molecule has 0 aliphatic carbocycles. The van der Waals surface area contributed by atoms with Crippen LogP contribution in [-0.2, 0) is 12.1 Å². The van der Waals surface area contributed by atoms with E-state index in [1.54, 1.807) is 53.7 Å². The lowest BCUT2D eigenvalue weighted by molar-refractivity contribution is 0.0688. The van der Waals surface area contributed by atoms with Gasteiger partial charge in [0.25, 0.3) is 5.56 Å². The summed E-state index contributed by atoms with van der Waals surface area (Å²) in [6.07, 6.45) is 5.96. The van der Waals surface area contributed by atoms with E-state index in [-0.39, 0.29) is 18.8 Å². The summed E-state index contributed by atoms with van der Waals surface area (Å²) in [5.41, 5.74) is 3.15. The quantitative estimate of drug-likeness (QED) is 0.386. The summed E-state index contributed by atoms with van der Waals surface area (Å²) in [5.74, 6) is -0.130. The molecule has 5 aromatic heterocycles. The Balaban J connectivity index is 0.00000320. The van der Waals surface area contributed by atoms with Crippen LogP contribution in [-0.4, -0.2) is 39.4 Å². The third-order valence-corrected chi connectivity index (χ3v) is 5.89. The van der Waals surface area contributed by atoms with E-state index in [9.17, 15) is 14.3 Å². The van der Waals surface area contributed by atoms with Crippen molar-refractivity contribution in [3.8, 4) is 17.1 Å². The molecule has 0 atom stereocenters. The van der Waals surface area contributed by atoms with E-state index >= 15 is 0 Å². The molecule has 5 heterocycles. The molecule has 0 aromatic carbocycles. The Morgan fingerprint density at radius 3 is 2.49 bits per heavy atom. The van der Waals surface area contributed by atoms with E-state index < -0.39 is 11.4 Å². The summed E-state index contributed by atoms with van der Waals surface area (Å²) in [7, 11) is 0. The molecule has 0 saturated carbocycles. The standard InChI is InChI=1S/C26H24FN7O2.CH4/c1-15-11-30-21(20-7-8-28-25(32-20)26(3,4)36)10-22(15)34-16(2)9-23-19(24(34)35)13-31-33(23)14-18-6-5-17(27)12-29-18;/h5-13,36H,14H2,1-4H3;1H4. The third-order valence-electron chi connectivity index (χ3n) is 5.89. The Hall–Kier alpha value is -4.31. The number of fused-ring (bicyclic) bond motifs is 1. The van der Waals surface area contributed by atoms with Crippen molar-refractivity contribution in [2.75, 3.05) is 0 Å². The van der Waals surface area contributed by atoms with Crippen molar-refractivity contribution in [2.24, 2.45) is 0 Å². The molecule has 1 N–H and O–H groups in total. The van der Waals surface area contributed by atoms with E-state index in [0.29, 0.717) is 45.9 Å². The zero-order valence-electron chi connectivity index (χ0n) is 20.3. The fourth-order valence-corrected chi connectivity index (χ4v) is 4.02. The van der Waals surface area contributed by atoms with Crippen LogP contribution in [0.15, 0.2) is 59.9 Å². The lowest BCUT2D eigenvalue weighted by atomic mass is 10.1. The lowest BCUT2D eigenvalue weighted by Gasteiger charge is -2.17. The maximum absolute atomic E-state index is 13.6. The minimum Gasteiger partial charge on any atom is -0.382 e. The number of hydrogen-bond acceptors (Lipinski definition) is 7. The van der Waals surface area contributed by atoms with Crippen LogP contribution in [0.2, 0.25) is 0 Å². The normalized spacial score (nSPS) is 11.5. The molecule has 190 valence electrons. The Morgan fingerprint density at radius 1 is 1.00 bits per heavy atom. The third kappa shape index (κ3) is 4.88. The zero-order valence-corrected chi connectivity index (χ0v) is 20.3. The summed E-state index contributed by atoms with van der Waals surface area (Å²) < 4.78 is 16.5. The number of pyridine rings is 3. The molecule has 0 radical (unpaired) electrons. The Labute approximate surface area is 213 Å². The number of aryl methyl sites for hydroxylation is 2. The number of aliphatic hydroxyl groups is 1. The molecule has 0 saturated heterocycles. The molecular weight excluding hydrogens is 473 g/mol. The largest absolute Gasteiger partial charge is 0.382 e. The Morgan fingerprint density at radius 2 is 1.78 bits per heavy atom. The second kappa shape index (κ2) is 9.62. The van der Waals surface area contributed by atoms with Crippen molar-refractivity contribution in [1.82, 2.24) is 34.3 Å². The van der Waals surface area contributed by atoms with Crippen molar-refractivity contribution in [3.05, 3.63) is 94.1 Å². The molecule has 0 aliphatic rings. The monoisotopic (exact) mass is 501 g/mol. The Kier molecular flexibility index (Phi) is 6.70. The van der Waals surface area contributed by atoms with Gasteiger partial charge in [-0.3, -0.25) is 24.0 Å². The smallest absolute Gasteiger partial charge is 0.266 e. The first-order chi connectivity index (χ1) is 17.1. The molecule has 5 aromatic rings. The van der Waals surface area contributed by atoms with Gasteiger partial charge in [-0.15, -0.1) is 0 Å². The highest BCUT2D eigenvalue weighted by molar-refractivity contribution is 5.79. The molecule has 0 amide bonds. The zero-order chi connectivity index (χ0) is 25.6. The first kappa shape index (κ1) is 25.8. The summed E-state index contributed by atoms with van der Waals surface area (Å²) in [6, 6.07) is 8.35. The van der Waals surface area contributed by atoms with Crippen LogP contribution in [0, 0.1) is 19.7 Å². The highest BCUT2D eigenvalue weighted by Gasteiger charge is 2.21.